The molecule has 1 aromatic carbocycles. The molecule has 5 heteroatoms. The van der Waals surface area contributed by atoms with Crippen LogP contribution in [0.5, 0.6) is 0 Å². The van der Waals surface area contributed by atoms with Gasteiger partial charge in [-0.15, -0.1) is 0 Å². The molecule has 1 heterocycles. The van der Waals surface area contributed by atoms with E-state index in [0.717, 1.165) is 0 Å². The molecule has 16 heavy (non-hydrogen) atoms. The largest absolute Gasteiger partial charge is 0.862 e. The highest BCUT2D eigenvalue weighted by Gasteiger charge is 2.24. The molecule has 0 amide bonds. The van der Waals surface area contributed by atoms with Crippen molar-refractivity contribution in [2.75, 3.05) is 0 Å². The van der Waals surface area contributed by atoms with E-state index in [9.17, 15) is 14.3 Å². The van der Waals surface area contributed by atoms with Crippen LogP contribution in [0.25, 0.3) is 0 Å². The first-order chi connectivity index (χ1) is 7.65. The molecule has 1 aliphatic heterocycles. The van der Waals surface area contributed by atoms with Crippen LogP contribution in [0.4, 0.5) is 4.39 Å². The van der Waals surface area contributed by atoms with Crippen molar-refractivity contribution in [3.63, 3.8) is 0 Å². The van der Waals surface area contributed by atoms with Crippen molar-refractivity contribution >= 4 is 11.9 Å². The van der Waals surface area contributed by atoms with E-state index in [4.69, 9.17) is 4.74 Å². The van der Waals surface area contributed by atoms with Gasteiger partial charge < -0.3 is 9.84 Å². The van der Waals surface area contributed by atoms with Crippen LogP contribution in [0, 0.1) is 5.82 Å². The van der Waals surface area contributed by atoms with E-state index in [1.165, 1.54) is 24.3 Å². The third-order valence-corrected chi connectivity index (χ3v) is 2.23. The van der Waals surface area contributed by atoms with Crippen LogP contribution >= 0.6 is 0 Å². The predicted molar refractivity (Wildman–Crippen MR) is 52.0 cm³/mol. The highest BCUT2D eigenvalue weighted by molar-refractivity contribution is 5.90. The summed E-state index contributed by atoms with van der Waals surface area (Å²) in [7, 11) is 0. The molecule has 0 saturated heterocycles. The fraction of sp³-hybridized carbons (Fsp3) is 0.273. The Hall–Kier alpha value is -1.91. The summed E-state index contributed by atoms with van der Waals surface area (Å²) >= 11 is 0. The number of aliphatic imine (C=N–C) groups is 1. The van der Waals surface area contributed by atoms with E-state index < -0.39 is 12.0 Å². The van der Waals surface area contributed by atoms with Crippen molar-refractivity contribution in [2.45, 2.75) is 19.1 Å². The van der Waals surface area contributed by atoms with Gasteiger partial charge in [0.15, 0.2) is 6.04 Å². The molecule has 0 aromatic heterocycles. The van der Waals surface area contributed by atoms with Crippen LogP contribution in [-0.4, -0.2) is 17.9 Å². The molecular formula is C11H9FNO3-. The number of esters is 1. The van der Waals surface area contributed by atoms with Crippen molar-refractivity contribution in [1.82, 2.24) is 0 Å². The lowest BCUT2D eigenvalue weighted by Crippen LogP contribution is -2.39. The number of benzene rings is 1. The zero-order chi connectivity index (χ0) is 11.5. The van der Waals surface area contributed by atoms with Crippen LogP contribution in [0.3, 0.4) is 0 Å². The summed E-state index contributed by atoms with van der Waals surface area (Å²) in [4.78, 5) is 14.7. The number of carbonyl (C=O) groups excluding carboxylic acids is 1. The summed E-state index contributed by atoms with van der Waals surface area (Å²) in [6.45, 7) is 0.0688. The molecule has 0 aliphatic carbocycles. The molecule has 0 saturated carbocycles. The molecule has 84 valence electrons. The first kappa shape index (κ1) is 10.6. The Morgan fingerprint density at radius 1 is 1.50 bits per heavy atom. The standard InChI is InChI=1S/C11H10FNO3/c12-8-3-1-7(2-4-8)6-16-11(15)9-5-10(14)13-9/h1-4,9H,5-6H2,(H,13,14)/p-1/t9-/m0/s1. The average molecular weight is 222 g/mol. The monoisotopic (exact) mass is 222 g/mol. The molecule has 1 aliphatic rings. The van der Waals surface area contributed by atoms with Gasteiger partial charge in [-0.25, -0.2) is 9.18 Å². The summed E-state index contributed by atoms with van der Waals surface area (Å²) in [5, 5.41) is 10.5. The van der Waals surface area contributed by atoms with Gasteiger partial charge in [0.05, 0.1) is 0 Å². The summed E-state index contributed by atoms with van der Waals surface area (Å²) in [6, 6.07) is 5.01. The van der Waals surface area contributed by atoms with Crippen molar-refractivity contribution in [3.05, 3.63) is 35.6 Å². The van der Waals surface area contributed by atoms with Gasteiger partial charge in [0.1, 0.15) is 12.4 Å². The van der Waals surface area contributed by atoms with Crippen molar-refractivity contribution < 1.29 is 19.0 Å². The molecule has 0 radical (unpaired) electrons. The molecule has 2 rings (SSSR count). The number of hydrogen-bond acceptors (Lipinski definition) is 4. The van der Waals surface area contributed by atoms with E-state index in [0.29, 0.717) is 5.56 Å². The summed E-state index contributed by atoms with van der Waals surface area (Å²) in [5.41, 5.74) is 0.695. The highest BCUT2D eigenvalue weighted by atomic mass is 19.1. The second-order valence-electron chi connectivity index (χ2n) is 3.48. The molecular weight excluding hydrogens is 213 g/mol. The van der Waals surface area contributed by atoms with Gasteiger partial charge in [-0.1, -0.05) is 12.1 Å². The van der Waals surface area contributed by atoms with E-state index in [2.05, 4.69) is 4.99 Å². The number of nitrogens with zero attached hydrogens (tertiary/aromatic N) is 1. The number of rotatable bonds is 3. The Morgan fingerprint density at radius 3 is 2.69 bits per heavy atom. The Labute approximate surface area is 91.4 Å². The van der Waals surface area contributed by atoms with Crippen LogP contribution in [0.1, 0.15) is 12.0 Å². The third-order valence-electron chi connectivity index (χ3n) is 2.23. The zero-order valence-corrected chi connectivity index (χ0v) is 8.35. The predicted octanol–water partition coefficient (Wildman–Crippen LogP) is 0.400. The maximum atomic E-state index is 12.6. The number of ether oxygens (including phenoxy) is 1. The van der Waals surface area contributed by atoms with Gasteiger partial charge in [-0.05, 0) is 23.6 Å². The minimum atomic E-state index is -0.645. The lowest BCUT2D eigenvalue weighted by Gasteiger charge is -2.26. The van der Waals surface area contributed by atoms with E-state index in [-0.39, 0.29) is 24.7 Å². The maximum absolute atomic E-state index is 12.6. The van der Waals surface area contributed by atoms with Crippen LogP contribution in [-0.2, 0) is 16.1 Å². The molecule has 1 aromatic rings. The van der Waals surface area contributed by atoms with E-state index in [1.54, 1.807) is 0 Å². The molecule has 0 spiro atoms. The van der Waals surface area contributed by atoms with Crippen LogP contribution in [0.2, 0.25) is 0 Å². The summed E-state index contributed by atoms with van der Waals surface area (Å²) in [5.74, 6) is -1.12. The fourth-order valence-corrected chi connectivity index (χ4v) is 1.29. The SMILES string of the molecule is O=C(OCc1ccc(F)cc1)[C@@H]1CC([O-])=N1. The van der Waals surface area contributed by atoms with Crippen LogP contribution < -0.4 is 5.11 Å². The molecule has 0 fully saturated rings. The number of carbonyl (C=O) groups is 1. The van der Waals surface area contributed by atoms with E-state index in [1.807, 2.05) is 0 Å². The zero-order valence-electron chi connectivity index (χ0n) is 8.35. The van der Waals surface area contributed by atoms with E-state index >= 15 is 0 Å². The van der Waals surface area contributed by atoms with Crippen molar-refractivity contribution in [2.24, 2.45) is 4.99 Å². The van der Waals surface area contributed by atoms with Crippen LogP contribution in [0.15, 0.2) is 29.3 Å². The van der Waals surface area contributed by atoms with Gasteiger partial charge in [0.2, 0.25) is 0 Å². The second kappa shape index (κ2) is 4.30. The van der Waals surface area contributed by atoms with Gasteiger partial charge in [-0.2, -0.15) is 0 Å². The Morgan fingerprint density at radius 2 is 2.12 bits per heavy atom. The number of hydrogen-bond donors (Lipinski definition) is 0. The third kappa shape index (κ3) is 2.36. The van der Waals surface area contributed by atoms with Gasteiger partial charge >= 0.3 is 5.97 Å². The molecule has 0 bridgehead atoms. The van der Waals surface area contributed by atoms with Gasteiger partial charge in [0, 0.05) is 6.42 Å². The smallest absolute Gasteiger partial charge is 0.331 e. The highest BCUT2D eigenvalue weighted by Crippen LogP contribution is 2.12. The van der Waals surface area contributed by atoms with Gasteiger partial charge in [-0.3, -0.25) is 4.99 Å². The summed E-state index contributed by atoms with van der Waals surface area (Å²) in [6.07, 6.45) is 0.127. The normalized spacial score (nSPS) is 18.6. The Balaban J connectivity index is 1.83. The minimum absolute atomic E-state index is 0.0688. The van der Waals surface area contributed by atoms with Crippen molar-refractivity contribution in [3.8, 4) is 0 Å². The Bertz CT molecular complexity index is 427. The second-order valence-corrected chi connectivity index (χ2v) is 3.48. The Kier molecular flexibility index (Phi) is 2.85. The summed E-state index contributed by atoms with van der Waals surface area (Å²) < 4.78 is 17.5. The first-order valence-electron chi connectivity index (χ1n) is 4.80. The maximum Gasteiger partial charge on any atom is 0.331 e. The average Bonchev–Trinajstić information content (AvgIpc) is 2.24. The lowest BCUT2D eigenvalue weighted by molar-refractivity contribution is -0.225. The number of halogens is 1. The molecule has 1 atom stereocenters. The topological polar surface area (TPSA) is 61.7 Å². The minimum Gasteiger partial charge on any atom is -0.862 e. The molecule has 4 nitrogen and oxygen atoms in total. The fourth-order valence-electron chi connectivity index (χ4n) is 1.29. The quantitative estimate of drug-likeness (QED) is 0.695. The van der Waals surface area contributed by atoms with Crippen molar-refractivity contribution in [1.29, 1.82) is 0 Å². The first-order valence-corrected chi connectivity index (χ1v) is 4.80. The molecule has 0 N–H and O–H groups in total. The van der Waals surface area contributed by atoms with Gasteiger partial charge in [0.25, 0.3) is 0 Å². The molecule has 0 unspecified atom stereocenters. The lowest BCUT2D eigenvalue weighted by atomic mass is 10.1.